The number of aromatic hydroxyl groups is 1. The molecule has 4 N–H and O–H groups in total. The number of carboxylic acid groups (broad SMARTS) is 1. The molecule has 2 aromatic heterocycles. The van der Waals surface area contributed by atoms with Gasteiger partial charge >= 0.3 is 5.97 Å². The number of carbonyl (C=O) groups is 2. The molecule has 1 atom stereocenters. The number of thioether (sulfide) groups is 1. The summed E-state index contributed by atoms with van der Waals surface area (Å²) < 4.78 is 1.43. The molecule has 0 saturated carbocycles. The summed E-state index contributed by atoms with van der Waals surface area (Å²) in [6, 6.07) is 12.8. The quantitative estimate of drug-likeness (QED) is 0.304. The standard InChI is InChI=1S/C20H18N6O4S/c27-14-7-5-13(6-8-14)26-20(23-24-25-26)31-11-18(28)22-17(19(29)30)9-12-10-21-16-4-2-1-3-15(12)16/h1-8,10,17,21,27H,9,11H2,(H,22,28)(H,29,30)/t17-/m1/s1. The number of rotatable bonds is 8. The zero-order valence-electron chi connectivity index (χ0n) is 16.1. The first kappa shape index (κ1) is 20.4. The second kappa shape index (κ2) is 8.88. The van der Waals surface area contributed by atoms with Gasteiger partial charge in [-0.25, -0.2) is 4.79 Å². The van der Waals surface area contributed by atoms with Gasteiger partial charge in [-0.05, 0) is 46.3 Å². The van der Waals surface area contributed by atoms with Crippen molar-refractivity contribution in [1.82, 2.24) is 30.5 Å². The van der Waals surface area contributed by atoms with Crippen molar-refractivity contribution in [3.63, 3.8) is 0 Å². The van der Waals surface area contributed by atoms with Crippen LogP contribution in [0.15, 0.2) is 59.9 Å². The largest absolute Gasteiger partial charge is 0.508 e. The number of aromatic amines is 1. The van der Waals surface area contributed by atoms with E-state index in [1.165, 1.54) is 16.8 Å². The Bertz CT molecular complexity index is 1220. The fourth-order valence-corrected chi connectivity index (χ4v) is 3.81. The van der Waals surface area contributed by atoms with Crippen molar-refractivity contribution in [2.75, 3.05) is 5.75 Å². The molecule has 10 nitrogen and oxygen atoms in total. The molecule has 11 heteroatoms. The molecule has 0 aliphatic heterocycles. The fraction of sp³-hybridized carbons (Fsp3) is 0.150. The predicted octanol–water partition coefficient (Wildman–Crippen LogP) is 1.75. The van der Waals surface area contributed by atoms with Gasteiger partial charge in [-0.3, -0.25) is 4.79 Å². The molecule has 1 amide bonds. The number of para-hydroxylation sites is 1. The van der Waals surface area contributed by atoms with E-state index >= 15 is 0 Å². The summed E-state index contributed by atoms with van der Waals surface area (Å²) in [6.45, 7) is 0. The number of hydrogen-bond donors (Lipinski definition) is 4. The van der Waals surface area contributed by atoms with E-state index in [2.05, 4.69) is 25.8 Å². The third-order valence-corrected chi connectivity index (χ3v) is 5.52. The van der Waals surface area contributed by atoms with E-state index in [0.29, 0.717) is 10.8 Å². The summed E-state index contributed by atoms with van der Waals surface area (Å²) in [4.78, 5) is 27.2. The van der Waals surface area contributed by atoms with Crippen molar-refractivity contribution >= 4 is 34.5 Å². The third-order valence-electron chi connectivity index (χ3n) is 4.60. The van der Waals surface area contributed by atoms with Crippen LogP contribution in [-0.4, -0.2) is 59.1 Å². The smallest absolute Gasteiger partial charge is 0.326 e. The second-order valence-electron chi connectivity index (χ2n) is 6.70. The lowest BCUT2D eigenvalue weighted by Crippen LogP contribution is -2.43. The maximum atomic E-state index is 12.4. The molecule has 4 rings (SSSR count). The molecule has 0 unspecified atom stereocenters. The summed E-state index contributed by atoms with van der Waals surface area (Å²) >= 11 is 1.08. The van der Waals surface area contributed by atoms with Crippen molar-refractivity contribution in [2.24, 2.45) is 0 Å². The summed E-state index contributed by atoms with van der Waals surface area (Å²) in [5.41, 5.74) is 2.34. The molecule has 0 bridgehead atoms. The van der Waals surface area contributed by atoms with Crippen LogP contribution in [0.2, 0.25) is 0 Å². The second-order valence-corrected chi connectivity index (χ2v) is 7.64. The highest BCUT2D eigenvalue weighted by Crippen LogP contribution is 2.21. The van der Waals surface area contributed by atoms with Crippen LogP contribution >= 0.6 is 11.8 Å². The van der Waals surface area contributed by atoms with Gasteiger partial charge in [0.1, 0.15) is 11.8 Å². The first-order chi connectivity index (χ1) is 15.0. The van der Waals surface area contributed by atoms with E-state index in [9.17, 15) is 19.8 Å². The highest BCUT2D eigenvalue weighted by Gasteiger charge is 2.22. The Balaban J connectivity index is 1.40. The number of nitrogens with zero attached hydrogens (tertiary/aromatic N) is 4. The molecule has 4 aromatic rings. The Kier molecular flexibility index (Phi) is 5.85. The molecular weight excluding hydrogens is 420 g/mol. The number of H-pyrrole nitrogens is 1. The van der Waals surface area contributed by atoms with E-state index < -0.39 is 17.9 Å². The topological polar surface area (TPSA) is 146 Å². The van der Waals surface area contributed by atoms with Crippen molar-refractivity contribution in [1.29, 1.82) is 0 Å². The molecule has 2 aromatic carbocycles. The van der Waals surface area contributed by atoms with Crippen LogP contribution in [-0.2, 0) is 16.0 Å². The number of phenols is 1. The zero-order chi connectivity index (χ0) is 21.8. The van der Waals surface area contributed by atoms with Gasteiger partial charge in [-0.2, -0.15) is 4.68 Å². The van der Waals surface area contributed by atoms with Crippen molar-refractivity contribution < 1.29 is 19.8 Å². The SMILES string of the molecule is O=C(CSc1nnnn1-c1ccc(O)cc1)N[C@H](Cc1c[nH]c2ccccc12)C(=O)O. The Morgan fingerprint density at radius 1 is 1.16 bits per heavy atom. The minimum absolute atomic E-state index is 0.0594. The number of nitrogens with one attached hydrogen (secondary N) is 2. The summed E-state index contributed by atoms with van der Waals surface area (Å²) in [5.74, 6) is -1.51. The summed E-state index contributed by atoms with van der Waals surface area (Å²) in [7, 11) is 0. The summed E-state index contributed by atoms with van der Waals surface area (Å²) in [5, 5.41) is 34.2. The maximum absolute atomic E-state index is 12.4. The number of aromatic nitrogens is 5. The van der Waals surface area contributed by atoms with E-state index in [-0.39, 0.29) is 17.9 Å². The van der Waals surface area contributed by atoms with Gasteiger partial charge < -0.3 is 20.5 Å². The van der Waals surface area contributed by atoms with Gasteiger partial charge in [0.25, 0.3) is 0 Å². The number of phenolic OH excluding ortho intramolecular Hbond substituents is 1. The molecule has 0 fully saturated rings. The number of tetrazole rings is 1. The Morgan fingerprint density at radius 3 is 2.71 bits per heavy atom. The normalized spacial score (nSPS) is 12.0. The predicted molar refractivity (Wildman–Crippen MR) is 113 cm³/mol. The highest BCUT2D eigenvalue weighted by molar-refractivity contribution is 7.99. The molecule has 158 valence electrons. The lowest BCUT2D eigenvalue weighted by atomic mass is 10.1. The van der Waals surface area contributed by atoms with Gasteiger partial charge in [0.2, 0.25) is 11.1 Å². The van der Waals surface area contributed by atoms with E-state index in [4.69, 9.17) is 0 Å². The molecule has 31 heavy (non-hydrogen) atoms. The molecule has 0 saturated heterocycles. The Hall–Kier alpha value is -3.86. The van der Waals surface area contributed by atoms with Gasteiger partial charge in [0.05, 0.1) is 11.4 Å². The first-order valence-electron chi connectivity index (χ1n) is 9.29. The van der Waals surface area contributed by atoms with E-state index in [0.717, 1.165) is 28.2 Å². The molecule has 0 spiro atoms. The van der Waals surface area contributed by atoms with Crippen molar-refractivity contribution in [2.45, 2.75) is 17.6 Å². The average Bonchev–Trinajstić information content (AvgIpc) is 3.39. The van der Waals surface area contributed by atoms with Gasteiger partial charge in [0.15, 0.2) is 0 Å². The zero-order valence-corrected chi connectivity index (χ0v) is 16.9. The monoisotopic (exact) mass is 438 g/mol. The van der Waals surface area contributed by atoms with Crippen LogP contribution in [0.4, 0.5) is 0 Å². The lowest BCUT2D eigenvalue weighted by Gasteiger charge is -2.14. The molecule has 0 aliphatic rings. The Morgan fingerprint density at radius 2 is 1.94 bits per heavy atom. The van der Waals surface area contributed by atoms with Gasteiger partial charge in [-0.1, -0.05) is 30.0 Å². The van der Waals surface area contributed by atoms with E-state index in [1.54, 1.807) is 18.3 Å². The van der Waals surface area contributed by atoms with Crippen molar-refractivity contribution in [3.05, 3.63) is 60.3 Å². The van der Waals surface area contributed by atoms with Crippen LogP contribution in [0.3, 0.4) is 0 Å². The average molecular weight is 438 g/mol. The van der Waals surface area contributed by atoms with E-state index in [1.807, 2.05) is 24.3 Å². The minimum Gasteiger partial charge on any atom is -0.508 e. The molecule has 0 aliphatic carbocycles. The van der Waals surface area contributed by atoms with Gasteiger partial charge in [0, 0.05) is 23.5 Å². The minimum atomic E-state index is -1.11. The van der Waals surface area contributed by atoms with Crippen LogP contribution in [0.25, 0.3) is 16.6 Å². The van der Waals surface area contributed by atoms with Crippen LogP contribution < -0.4 is 5.32 Å². The number of hydrogen-bond acceptors (Lipinski definition) is 7. The van der Waals surface area contributed by atoms with Crippen LogP contribution in [0.1, 0.15) is 5.56 Å². The highest BCUT2D eigenvalue weighted by atomic mass is 32.2. The van der Waals surface area contributed by atoms with Crippen LogP contribution in [0, 0.1) is 0 Å². The lowest BCUT2D eigenvalue weighted by molar-refractivity contribution is -0.141. The number of amides is 1. The third kappa shape index (κ3) is 4.67. The Labute approximate surface area is 180 Å². The number of carbonyl (C=O) groups excluding carboxylic acids is 1. The van der Waals surface area contributed by atoms with Crippen LogP contribution in [0.5, 0.6) is 5.75 Å². The van der Waals surface area contributed by atoms with Crippen molar-refractivity contribution in [3.8, 4) is 11.4 Å². The summed E-state index contributed by atoms with van der Waals surface area (Å²) in [6.07, 6.45) is 1.91. The number of fused-ring (bicyclic) bond motifs is 1. The number of benzene rings is 2. The van der Waals surface area contributed by atoms with Gasteiger partial charge in [-0.15, -0.1) is 5.10 Å². The fourth-order valence-electron chi connectivity index (χ4n) is 3.11. The molecule has 0 radical (unpaired) electrons. The number of carboxylic acids is 1. The molecule has 2 heterocycles. The number of aliphatic carboxylic acids is 1. The first-order valence-corrected chi connectivity index (χ1v) is 10.3. The maximum Gasteiger partial charge on any atom is 0.326 e. The molecular formula is C20H18N6O4S.